The third-order valence-corrected chi connectivity index (χ3v) is 11.4. The Hall–Kier alpha value is -8.09. The molecule has 0 fully saturated rings. The first-order valence-electron chi connectivity index (χ1n) is 19.7. The quantitative estimate of drug-likeness (QED) is 0.100. The van der Waals surface area contributed by atoms with Gasteiger partial charge in [0.2, 0.25) is 0 Å². The fourth-order valence-electron chi connectivity index (χ4n) is 8.56. The zero-order chi connectivity index (χ0) is 39.5. The molecule has 0 aliphatic heterocycles. The highest BCUT2D eigenvalue weighted by Gasteiger charge is 2.21. The second-order valence-electron chi connectivity index (χ2n) is 14.8. The van der Waals surface area contributed by atoms with Crippen molar-refractivity contribution in [3.8, 4) is 62.1 Å². The molecule has 2 heterocycles. The van der Waals surface area contributed by atoms with E-state index in [9.17, 15) is 0 Å². The molecule has 4 N–H and O–H groups in total. The minimum atomic E-state index is 0.589. The largest absolute Gasteiger partial charge is 0.397 e. The molecule has 278 valence electrons. The summed E-state index contributed by atoms with van der Waals surface area (Å²) >= 11 is 0. The number of nitrogens with two attached hydrogens (primary N) is 2. The summed E-state index contributed by atoms with van der Waals surface area (Å²) in [5.41, 5.74) is 24.9. The van der Waals surface area contributed by atoms with Crippen LogP contribution in [0.4, 0.5) is 11.4 Å². The summed E-state index contributed by atoms with van der Waals surface area (Å²) in [7, 11) is 0. The third-order valence-electron chi connectivity index (χ3n) is 11.4. The predicted octanol–water partition coefficient (Wildman–Crippen LogP) is 12.8. The lowest BCUT2D eigenvalue weighted by Gasteiger charge is -2.17. The predicted molar refractivity (Wildman–Crippen MR) is 245 cm³/mol. The van der Waals surface area contributed by atoms with E-state index in [1.54, 1.807) is 0 Å². The third kappa shape index (κ3) is 5.69. The number of aromatic nitrogens is 4. The van der Waals surface area contributed by atoms with Gasteiger partial charge >= 0.3 is 0 Å². The standard InChI is InChI=1S/C53H36N6/c54-49-41-23-9-7-20-38(41)43-31-44-40-22-12-14-26-47(40)59(48(44)32-45(43)50(49)55)46-25-13-11-21-39(46)37-19-8-10-24-42(37)53-57-51(35-17-5-2-6-18-35)56-52(58-53)36-29-27-34(28-30-36)33-15-3-1-4-16-33/h1-32H,54-55H2. The van der Waals surface area contributed by atoms with Crippen LogP contribution in [-0.4, -0.2) is 19.5 Å². The summed E-state index contributed by atoms with van der Waals surface area (Å²) in [6, 6.07) is 67.1. The van der Waals surface area contributed by atoms with E-state index in [2.05, 4.69) is 144 Å². The topological polar surface area (TPSA) is 95.6 Å². The Morgan fingerprint density at radius 3 is 1.53 bits per heavy atom. The van der Waals surface area contributed by atoms with E-state index in [1.165, 1.54) is 0 Å². The molecule has 6 nitrogen and oxygen atoms in total. The zero-order valence-electron chi connectivity index (χ0n) is 31.9. The lowest BCUT2D eigenvalue weighted by atomic mass is 9.96. The van der Waals surface area contributed by atoms with Crippen LogP contribution in [0.3, 0.4) is 0 Å². The molecule has 0 aliphatic rings. The highest BCUT2D eigenvalue weighted by atomic mass is 15.0. The first kappa shape index (κ1) is 34.2. The van der Waals surface area contributed by atoms with Gasteiger partial charge in [0.15, 0.2) is 17.5 Å². The van der Waals surface area contributed by atoms with Crippen LogP contribution >= 0.6 is 0 Å². The Morgan fingerprint density at radius 2 is 0.797 bits per heavy atom. The number of nitrogen functional groups attached to an aromatic ring is 2. The normalized spacial score (nSPS) is 11.5. The summed E-state index contributed by atoms with van der Waals surface area (Å²) in [6.45, 7) is 0. The number of benzene rings is 9. The summed E-state index contributed by atoms with van der Waals surface area (Å²) in [5, 5.41) is 6.34. The van der Waals surface area contributed by atoms with Crippen molar-refractivity contribution in [3.05, 3.63) is 194 Å². The molecule has 6 heteroatoms. The van der Waals surface area contributed by atoms with Gasteiger partial charge in [0.05, 0.1) is 28.1 Å². The van der Waals surface area contributed by atoms with Crippen molar-refractivity contribution in [2.24, 2.45) is 0 Å². The Kier molecular flexibility index (Phi) is 8.01. The highest BCUT2D eigenvalue weighted by Crippen LogP contribution is 2.44. The van der Waals surface area contributed by atoms with E-state index in [4.69, 9.17) is 26.4 Å². The van der Waals surface area contributed by atoms with Crippen molar-refractivity contribution in [1.82, 2.24) is 19.5 Å². The van der Waals surface area contributed by atoms with Gasteiger partial charge in [-0.15, -0.1) is 0 Å². The second kappa shape index (κ2) is 13.8. The average molecular weight is 757 g/mol. The fraction of sp³-hybridized carbons (Fsp3) is 0. The number of anilines is 2. The van der Waals surface area contributed by atoms with Crippen molar-refractivity contribution < 1.29 is 0 Å². The number of hydrogen-bond donors (Lipinski definition) is 2. The molecule has 0 saturated heterocycles. The molecule has 0 unspecified atom stereocenters. The molecule has 0 bridgehead atoms. The molecule has 0 spiro atoms. The molecule has 9 aromatic carbocycles. The molecule has 2 aromatic heterocycles. The van der Waals surface area contributed by atoms with E-state index in [0.29, 0.717) is 28.8 Å². The molecule has 11 aromatic rings. The van der Waals surface area contributed by atoms with Crippen LogP contribution in [0.15, 0.2) is 194 Å². The first-order chi connectivity index (χ1) is 29.1. The fourth-order valence-corrected chi connectivity index (χ4v) is 8.56. The molecule has 0 atom stereocenters. The van der Waals surface area contributed by atoms with Crippen LogP contribution in [0.25, 0.3) is 105 Å². The number of fused-ring (bicyclic) bond motifs is 6. The van der Waals surface area contributed by atoms with Crippen molar-refractivity contribution in [3.63, 3.8) is 0 Å². The molecule has 59 heavy (non-hydrogen) atoms. The van der Waals surface area contributed by atoms with Gasteiger partial charge in [-0.3, -0.25) is 0 Å². The van der Waals surface area contributed by atoms with E-state index in [-0.39, 0.29) is 0 Å². The molecule has 11 rings (SSSR count). The van der Waals surface area contributed by atoms with Crippen LogP contribution in [-0.2, 0) is 0 Å². The smallest absolute Gasteiger partial charge is 0.164 e. The van der Waals surface area contributed by atoms with Crippen LogP contribution in [0.5, 0.6) is 0 Å². The second-order valence-corrected chi connectivity index (χ2v) is 14.8. The number of rotatable bonds is 6. The Morgan fingerprint density at radius 1 is 0.305 bits per heavy atom. The minimum absolute atomic E-state index is 0.589. The molecular formula is C53H36N6. The summed E-state index contributed by atoms with van der Waals surface area (Å²) in [4.78, 5) is 15.4. The van der Waals surface area contributed by atoms with E-state index in [1.807, 2.05) is 54.6 Å². The molecule has 0 radical (unpaired) electrons. The molecule has 0 aliphatic carbocycles. The van der Waals surface area contributed by atoms with E-state index < -0.39 is 0 Å². The highest BCUT2D eigenvalue weighted by molar-refractivity contribution is 6.24. The lowest BCUT2D eigenvalue weighted by molar-refractivity contribution is 1.07. The lowest BCUT2D eigenvalue weighted by Crippen LogP contribution is -2.02. The average Bonchev–Trinajstić information content (AvgIpc) is 3.64. The first-order valence-corrected chi connectivity index (χ1v) is 19.7. The number of hydrogen-bond acceptors (Lipinski definition) is 5. The maximum absolute atomic E-state index is 6.85. The van der Waals surface area contributed by atoms with Gasteiger partial charge in [-0.05, 0) is 51.7 Å². The minimum Gasteiger partial charge on any atom is -0.397 e. The Labute approximate surface area is 340 Å². The van der Waals surface area contributed by atoms with Crippen molar-refractivity contribution in [2.45, 2.75) is 0 Å². The zero-order valence-corrected chi connectivity index (χ0v) is 31.9. The Balaban J connectivity index is 1.12. The SMILES string of the molecule is Nc1c(N)c2cc3c(cc2c2ccccc12)c1ccccc1n3-c1ccccc1-c1ccccc1-c1nc(-c2ccccc2)nc(-c2ccc(-c3ccccc3)cc2)n1. The van der Waals surface area contributed by atoms with Crippen LogP contribution in [0, 0.1) is 0 Å². The maximum atomic E-state index is 6.85. The molecule has 0 amide bonds. The van der Waals surface area contributed by atoms with Crippen LogP contribution in [0.2, 0.25) is 0 Å². The summed E-state index contributed by atoms with van der Waals surface area (Å²) < 4.78 is 2.35. The number of para-hydroxylation sites is 2. The summed E-state index contributed by atoms with van der Waals surface area (Å²) in [6.07, 6.45) is 0. The molecule has 0 saturated carbocycles. The van der Waals surface area contributed by atoms with E-state index in [0.717, 1.165) is 88.0 Å². The monoisotopic (exact) mass is 756 g/mol. The maximum Gasteiger partial charge on any atom is 0.164 e. The Bertz CT molecular complexity index is 3390. The van der Waals surface area contributed by atoms with Crippen molar-refractivity contribution >= 4 is 54.7 Å². The van der Waals surface area contributed by atoms with Crippen molar-refractivity contribution in [1.29, 1.82) is 0 Å². The van der Waals surface area contributed by atoms with Crippen LogP contribution < -0.4 is 11.5 Å². The van der Waals surface area contributed by atoms with Gasteiger partial charge in [-0.1, -0.05) is 170 Å². The van der Waals surface area contributed by atoms with E-state index >= 15 is 0 Å². The number of nitrogens with zero attached hydrogens (tertiary/aromatic N) is 4. The van der Waals surface area contributed by atoms with Gasteiger partial charge in [-0.2, -0.15) is 0 Å². The van der Waals surface area contributed by atoms with Gasteiger partial charge < -0.3 is 16.0 Å². The van der Waals surface area contributed by atoms with Gasteiger partial charge in [0.1, 0.15) is 0 Å². The van der Waals surface area contributed by atoms with Gasteiger partial charge in [0, 0.05) is 43.8 Å². The van der Waals surface area contributed by atoms with Gasteiger partial charge in [0.25, 0.3) is 0 Å². The van der Waals surface area contributed by atoms with Crippen molar-refractivity contribution in [2.75, 3.05) is 11.5 Å². The summed E-state index contributed by atoms with van der Waals surface area (Å²) in [5.74, 6) is 1.81. The van der Waals surface area contributed by atoms with Crippen LogP contribution in [0.1, 0.15) is 0 Å². The van der Waals surface area contributed by atoms with Gasteiger partial charge in [-0.25, -0.2) is 15.0 Å². The molecular weight excluding hydrogens is 721 g/mol.